The van der Waals surface area contributed by atoms with Crippen molar-refractivity contribution in [3.8, 4) is 5.75 Å². The molecule has 2 aromatic rings. The number of benzene rings is 2. The van der Waals surface area contributed by atoms with Crippen LogP contribution in [-0.2, 0) is 29.0 Å². The van der Waals surface area contributed by atoms with Crippen molar-refractivity contribution < 1.29 is 47.9 Å². The van der Waals surface area contributed by atoms with E-state index in [0.717, 1.165) is 17.7 Å². The quantitative estimate of drug-likeness (QED) is 0.0925. The summed E-state index contributed by atoms with van der Waals surface area (Å²) in [6.07, 6.45) is 1.83. The maximum Gasteiger partial charge on any atom is 0.416 e. The second kappa shape index (κ2) is 16.8. The van der Waals surface area contributed by atoms with Crippen LogP contribution >= 0.6 is 0 Å². The van der Waals surface area contributed by atoms with Gasteiger partial charge in [0.05, 0.1) is 17.8 Å². The first-order valence-corrected chi connectivity index (χ1v) is 14.2. The van der Waals surface area contributed by atoms with E-state index in [1.54, 1.807) is 30.3 Å². The van der Waals surface area contributed by atoms with Crippen LogP contribution in [0.2, 0.25) is 0 Å². The minimum absolute atomic E-state index is 0.0290. The lowest BCUT2D eigenvalue weighted by Crippen LogP contribution is -2.22. The van der Waals surface area contributed by atoms with Crippen molar-refractivity contribution in [3.63, 3.8) is 0 Å². The Balaban J connectivity index is 1.36. The molecule has 1 aliphatic carbocycles. The molecule has 1 fully saturated rings. The highest BCUT2D eigenvalue weighted by atomic mass is 19.4. The number of aliphatic hydroxyl groups excluding tert-OH is 3. The number of halogens is 3. The number of nitrogens with one attached hydrogen (secondary N) is 1. The zero-order valence-corrected chi connectivity index (χ0v) is 23.9. The summed E-state index contributed by atoms with van der Waals surface area (Å²) in [5, 5.41) is 43.3. The molecule has 1 saturated carbocycles. The van der Waals surface area contributed by atoms with E-state index in [9.17, 15) is 43.4 Å². The van der Waals surface area contributed by atoms with Gasteiger partial charge in [-0.1, -0.05) is 54.6 Å². The number of hydrogen-bond donors (Lipinski definition) is 4. The van der Waals surface area contributed by atoms with Gasteiger partial charge < -0.3 is 30.2 Å². The SMILES string of the molecule is O=C(CCCC=CC[C@@H]1[C@@H](C=C[C@@H](O)COc2cccc(C(F)(F)F)c2)[C@H](O)C[C@@H]1O)NCc1ccc(CO[N+](=O)[O-])cc1. The van der Waals surface area contributed by atoms with Crippen LogP contribution in [0.15, 0.2) is 72.8 Å². The monoisotopic (exact) mass is 622 g/mol. The first-order valence-electron chi connectivity index (χ1n) is 14.2. The van der Waals surface area contributed by atoms with Gasteiger partial charge in [-0.25, -0.2) is 0 Å². The Bertz CT molecular complexity index is 1270. The van der Waals surface area contributed by atoms with Crippen molar-refractivity contribution in [1.29, 1.82) is 0 Å². The van der Waals surface area contributed by atoms with Gasteiger partial charge in [0.1, 0.15) is 25.1 Å². The molecule has 0 heterocycles. The summed E-state index contributed by atoms with van der Waals surface area (Å²) in [4.78, 5) is 26.7. The van der Waals surface area contributed by atoms with E-state index in [1.807, 2.05) is 12.2 Å². The van der Waals surface area contributed by atoms with Crippen LogP contribution in [0.25, 0.3) is 0 Å². The molecule has 4 N–H and O–H groups in total. The molecule has 44 heavy (non-hydrogen) atoms. The van der Waals surface area contributed by atoms with E-state index in [-0.39, 0.29) is 37.2 Å². The molecule has 1 aliphatic rings. The molecule has 2 aromatic carbocycles. The Morgan fingerprint density at radius 1 is 1.11 bits per heavy atom. The molecular formula is C31H37F3N2O8. The predicted molar refractivity (Wildman–Crippen MR) is 153 cm³/mol. The number of rotatable bonds is 16. The Kier molecular flexibility index (Phi) is 13.2. The minimum Gasteiger partial charge on any atom is -0.491 e. The van der Waals surface area contributed by atoms with Crippen LogP contribution < -0.4 is 10.1 Å². The van der Waals surface area contributed by atoms with Crippen molar-refractivity contribution in [3.05, 3.63) is 99.6 Å². The average Bonchev–Trinajstić information content (AvgIpc) is 3.25. The third-order valence-corrected chi connectivity index (χ3v) is 7.25. The molecule has 0 radical (unpaired) electrons. The van der Waals surface area contributed by atoms with Crippen molar-refractivity contribution >= 4 is 5.91 Å². The smallest absolute Gasteiger partial charge is 0.416 e. The molecule has 0 bridgehead atoms. The van der Waals surface area contributed by atoms with E-state index >= 15 is 0 Å². The number of carbonyl (C=O) groups is 1. The van der Waals surface area contributed by atoms with E-state index in [2.05, 4.69) is 10.2 Å². The summed E-state index contributed by atoms with van der Waals surface area (Å²) in [5.41, 5.74) is 0.636. The minimum atomic E-state index is -4.51. The van der Waals surface area contributed by atoms with Crippen LogP contribution in [0.4, 0.5) is 13.2 Å². The fourth-order valence-electron chi connectivity index (χ4n) is 4.88. The van der Waals surface area contributed by atoms with Crippen molar-refractivity contribution in [2.24, 2.45) is 11.8 Å². The largest absolute Gasteiger partial charge is 0.491 e. The molecule has 0 aliphatic heterocycles. The molecule has 3 rings (SSSR count). The Hall–Kier alpha value is -3.94. The van der Waals surface area contributed by atoms with Gasteiger partial charge in [0.2, 0.25) is 5.91 Å². The summed E-state index contributed by atoms with van der Waals surface area (Å²) >= 11 is 0. The van der Waals surface area contributed by atoms with Gasteiger partial charge in [-0.2, -0.15) is 13.2 Å². The zero-order valence-electron chi connectivity index (χ0n) is 23.9. The molecule has 0 unspecified atom stereocenters. The van der Waals surface area contributed by atoms with Crippen LogP contribution in [0.3, 0.4) is 0 Å². The highest BCUT2D eigenvalue weighted by Crippen LogP contribution is 2.36. The Morgan fingerprint density at radius 3 is 2.55 bits per heavy atom. The normalized spacial score (nSPS) is 21.0. The second-order valence-electron chi connectivity index (χ2n) is 10.6. The van der Waals surface area contributed by atoms with Gasteiger partial charge in [-0.05, 0) is 54.5 Å². The van der Waals surface area contributed by atoms with Crippen LogP contribution in [0.1, 0.15) is 48.8 Å². The molecule has 1 amide bonds. The van der Waals surface area contributed by atoms with Gasteiger partial charge in [-0.3, -0.25) is 4.79 Å². The van der Waals surface area contributed by atoms with E-state index < -0.39 is 41.1 Å². The number of allylic oxidation sites excluding steroid dienone is 2. The van der Waals surface area contributed by atoms with Crippen LogP contribution in [-0.4, -0.2) is 51.2 Å². The second-order valence-corrected chi connectivity index (χ2v) is 10.6. The third kappa shape index (κ3) is 11.6. The van der Waals surface area contributed by atoms with Gasteiger partial charge in [-0.15, -0.1) is 10.1 Å². The van der Waals surface area contributed by atoms with Gasteiger partial charge in [0.25, 0.3) is 5.09 Å². The highest BCUT2D eigenvalue weighted by Gasteiger charge is 2.39. The van der Waals surface area contributed by atoms with Gasteiger partial charge >= 0.3 is 6.18 Å². The number of amides is 1. The summed E-state index contributed by atoms with van der Waals surface area (Å²) in [7, 11) is 0. The van der Waals surface area contributed by atoms with Crippen molar-refractivity contribution in [2.75, 3.05) is 6.61 Å². The molecule has 0 saturated heterocycles. The molecule has 0 spiro atoms. The lowest BCUT2D eigenvalue weighted by Gasteiger charge is -2.19. The molecule has 240 valence electrons. The van der Waals surface area contributed by atoms with Crippen LogP contribution in [0.5, 0.6) is 5.75 Å². The molecule has 13 heteroatoms. The number of aliphatic hydroxyl groups is 3. The number of ether oxygens (including phenoxy) is 1. The van der Waals surface area contributed by atoms with Crippen LogP contribution in [0, 0.1) is 22.0 Å². The predicted octanol–water partition coefficient (Wildman–Crippen LogP) is 4.50. The first kappa shape index (κ1) is 34.5. The number of hydrogen-bond acceptors (Lipinski definition) is 8. The molecular weight excluding hydrogens is 585 g/mol. The maximum absolute atomic E-state index is 12.9. The highest BCUT2D eigenvalue weighted by molar-refractivity contribution is 5.75. The van der Waals surface area contributed by atoms with Gasteiger partial charge in [0.15, 0.2) is 0 Å². The van der Waals surface area contributed by atoms with E-state index in [0.29, 0.717) is 37.8 Å². The van der Waals surface area contributed by atoms with Crippen molar-refractivity contribution in [2.45, 2.75) is 69.7 Å². The van der Waals surface area contributed by atoms with Crippen molar-refractivity contribution in [1.82, 2.24) is 5.32 Å². The lowest BCUT2D eigenvalue weighted by atomic mass is 9.89. The summed E-state index contributed by atoms with van der Waals surface area (Å²) in [6, 6.07) is 11.3. The third-order valence-electron chi connectivity index (χ3n) is 7.25. The first-order chi connectivity index (χ1) is 20.9. The number of carbonyl (C=O) groups excluding carboxylic acids is 1. The standard InChI is InChI=1S/C31H37F3N2O8/c32-31(33,34)23-6-5-7-25(16-23)43-20-24(37)14-15-27-26(28(38)17-29(27)39)8-3-1-2-4-9-30(40)35-18-21-10-12-22(13-11-21)19-44-36(41)42/h1,3,5-7,10-16,24,26-29,37-39H,2,4,8-9,17-20H2,(H,35,40)/t24-,26-,27-,28+,29-/m1/s1. The maximum atomic E-state index is 12.9. The Labute approximate surface area is 252 Å². The fraction of sp³-hybridized carbons (Fsp3) is 0.452. The topological polar surface area (TPSA) is 151 Å². The fourth-order valence-corrected chi connectivity index (χ4v) is 4.88. The summed E-state index contributed by atoms with van der Waals surface area (Å²) in [5.74, 6) is -0.874. The van der Waals surface area contributed by atoms with Gasteiger partial charge in [0, 0.05) is 25.3 Å². The number of nitrogens with zero attached hydrogens (tertiary/aromatic N) is 1. The van der Waals surface area contributed by atoms with E-state index in [4.69, 9.17) is 4.74 Å². The molecule has 5 atom stereocenters. The molecule has 0 aromatic heterocycles. The number of unbranched alkanes of at least 4 members (excludes halogenated alkanes) is 1. The summed E-state index contributed by atoms with van der Waals surface area (Å²) in [6.45, 7) is -0.0958. The molecule has 10 nitrogen and oxygen atoms in total. The zero-order chi connectivity index (χ0) is 32.1. The lowest BCUT2D eigenvalue weighted by molar-refractivity contribution is -0.763. The summed E-state index contributed by atoms with van der Waals surface area (Å²) < 4.78 is 43.9. The number of alkyl halides is 3. The Morgan fingerprint density at radius 2 is 1.84 bits per heavy atom. The van der Waals surface area contributed by atoms with E-state index in [1.165, 1.54) is 18.2 Å². The average molecular weight is 623 g/mol.